The molecule has 0 aliphatic carbocycles. The summed E-state index contributed by atoms with van der Waals surface area (Å²) >= 11 is 1.56. The summed E-state index contributed by atoms with van der Waals surface area (Å²) in [5.41, 5.74) is 1.36. The molecule has 32 heavy (non-hydrogen) atoms. The molecule has 7 nitrogen and oxygen atoms in total. The zero-order valence-corrected chi connectivity index (χ0v) is 18.6. The number of nitrogens with zero attached hydrogens (tertiary/aromatic N) is 1. The number of rotatable bonds is 7. The van der Waals surface area contributed by atoms with Gasteiger partial charge in [0.1, 0.15) is 28.7 Å². The maximum atomic E-state index is 13.7. The number of methoxy groups -OCH3 is 2. The highest BCUT2D eigenvalue weighted by atomic mass is 32.2. The van der Waals surface area contributed by atoms with E-state index in [-0.39, 0.29) is 23.7 Å². The molecule has 1 aliphatic heterocycles. The summed E-state index contributed by atoms with van der Waals surface area (Å²) < 4.78 is 16.0. The zero-order chi connectivity index (χ0) is 22.5. The Hall–Kier alpha value is -3.39. The Morgan fingerprint density at radius 3 is 2.41 bits per heavy atom. The van der Waals surface area contributed by atoms with Crippen molar-refractivity contribution in [2.45, 2.75) is 18.0 Å². The first-order valence-electron chi connectivity index (χ1n) is 10.1. The molecule has 1 fully saturated rings. The molecular weight excluding hydrogens is 428 g/mol. The van der Waals surface area contributed by atoms with Gasteiger partial charge in [0.25, 0.3) is 5.91 Å². The fraction of sp³-hybridized carbons (Fsp3) is 0.250. The first-order chi connectivity index (χ1) is 15.6. The van der Waals surface area contributed by atoms with Crippen LogP contribution in [-0.4, -0.2) is 42.7 Å². The highest BCUT2D eigenvalue weighted by molar-refractivity contribution is 7.99. The van der Waals surface area contributed by atoms with Crippen molar-refractivity contribution in [3.8, 4) is 11.5 Å². The van der Waals surface area contributed by atoms with Crippen molar-refractivity contribution in [1.82, 2.24) is 10.2 Å². The summed E-state index contributed by atoms with van der Waals surface area (Å²) in [5.74, 6) is 1.66. The molecule has 2 aromatic carbocycles. The lowest BCUT2D eigenvalue weighted by Gasteiger charge is -2.29. The fourth-order valence-corrected chi connectivity index (χ4v) is 5.05. The van der Waals surface area contributed by atoms with Crippen molar-refractivity contribution in [3.05, 3.63) is 83.8 Å². The predicted octanol–water partition coefficient (Wildman–Crippen LogP) is 3.87. The van der Waals surface area contributed by atoms with E-state index >= 15 is 0 Å². The van der Waals surface area contributed by atoms with Crippen molar-refractivity contribution < 1.29 is 23.5 Å². The molecule has 1 saturated heterocycles. The minimum Gasteiger partial charge on any atom is -0.497 e. The van der Waals surface area contributed by atoms with Gasteiger partial charge in [0.2, 0.25) is 5.91 Å². The zero-order valence-electron chi connectivity index (χ0n) is 17.8. The number of furan rings is 1. The monoisotopic (exact) mass is 452 g/mol. The van der Waals surface area contributed by atoms with E-state index in [2.05, 4.69) is 5.32 Å². The van der Waals surface area contributed by atoms with Crippen molar-refractivity contribution in [2.24, 2.45) is 0 Å². The molecule has 2 amide bonds. The van der Waals surface area contributed by atoms with E-state index in [0.29, 0.717) is 28.6 Å². The standard InChI is InChI=1S/C24H24N2O5S/c1-29-19-11-17(12-20(13-19)30-2)23(28)26-21(22(27)25-14-18-9-6-10-31-18)15-32-24(26)16-7-4-3-5-8-16/h3-13,21,24H,14-15H2,1-2H3,(H,25,27). The maximum Gasteiger partial charge on any atom is 0.256 e. The van der Waals surface area contributed by atoms with E-state index in [4.69, 9.17) is 13.9 Å². The van der Waals surface area contributed by atoms with Crippen LogP contribution in [0.1, 0.15) is 27.1 Å². The van der Waals surface area contributed by atoms with Gasteiger partial charge in [-0.15, -0.1) is 11.8 Å². The molecule has 2 heterocycles. The van der Waals surface area contributed by atoms with Crippen molar-refractivity contribution in [2.75, 3.05) is 20.0 Å². The Balaban J connectivity index is 1.65. The van der Waals surface area contributed by atoms with Gasteiger partial charge in [0, 0.05) is 17.4 Å². The van der Waals surface area contributed by atoms with Crippen LogP contribution in [0.2, 0.25) is 0 Å². The van der Waals surface area contributed by atoms with E-state index in [1.807, 2.05) is 30.3 Å². The Labute approximate surface area is 190 Å². The summed E-state index contributed by atoms with van der Waals surface area (Å²) in [4.78, 5) is 28.5. The molecule has 1 aromatic heterocycles. The van der Waals surface area contributed by atoms with Crippen LogP contribution in [0.15, 0.2) is 71.3 Å². The molecule has 3 aromatic rings. The lowest BCUT2D eigenvalue weighted by Crippen LogP contribution is -2.47. The number of thioether (sulfide) groups is 1. The number of nitrogens with one attached hydrogen (secondary N) is 1. The molecule has 166 valence electrons. The second-order valence-electron chi connectivity index (χ2n) is 7.22. The third-order valence-corrected chi connectivity index (χ3v) is 6.56. The summed E-state index contributed by atoms with van der Waals surface area (Å²) in [7, 11) is 3.07. The third kappa shape index (κ3) is 4.60. The number of carbonyl (C=O) groups is 2. The van der Waals surface area contributed by atoms with Crippen LogP contribution in [0.3, 0.4) is 0 Å². The quantitative estimate of drug-likeness (QED) is 0.586. The van der Waals surface area contributed by atoms with Gasteiger partial charge in [-0.2, -0.15) is 0 Å². The van der Waals surface area contributed by atoms with Crippen LogP contribution in [0, 0.1) is 0 Å². The number of amides is 2. The Bertz CT molecular complexity index is 1050. The first kappa shape index (κ1) is 21.8. The number of carbonyl (C=O) groups excluding carboxylic acids is 2. The van der Waals surface area contributed by atoms with Crippen molar-refractivity contribution >= 4 is 23.6 Å². The summed E-state index contributed by atoms with van der Waals surface area (Å²) in [6.07, 6.45) is 1.56. The molecule has 1 aliphatic rings. The smallest absolute Gasteiger partial charge is 0.256 e. The predicted molar refractivity (Wildman–Crippen MR) is 122 cm³/mol. The van der Waals surface area contributed by atoms with E-state index in [0.717, 1.165) is 5.56 Å². The minimum atomic E-state index is -0.634. The Kier molecular flexibility index (Phi) is 6.70. The normalized spacial score (nSPS) is 17.8. The molecule has 0 bridgehead atoms. The van der Waals surface area contributed by atoms with Gasteiger partial charge in [-0.25, -0.2) is 0 Å². The minimum absolute atomic E-state index is 0.226. The SMILES string of the molecule is COc1cc(OC)cc(C(=O)N2C(C(=O)NCc3ccco3)CSC2c2ccccc2)c1. The molecule has 0 saturated carbocycles. The van der Waals surface area contributed by atoms with Crippen LogP contribution in [-0.2, 0) is 11.3 Å². The van der Waals surface area contributed by atoms with Gasteiger partial charge < -0.3 is 24.1 Å². The second kappa shape index (κ2) is 9.82. The lowest BCUT2D eigenvalue weighted by molar-refractivity contribution is -0.125. The van der Waals surface area contributed by atoms with Gasteiger partial charge in [-0.05, 0) is 29.8 Å². The molecule has 2 atom stereocenters. The summed E-state index contributed by atoms with van der Waals surface area (Å²) in [6, 6.07) is 17.7. The largest absolute Gasteiger partial charge is 0.497 e. The third-order valence-electron chi connectivity index (χ3n) is 5.24. The van der Waals surface area contributed by atoms with Gasteiger partial charge in [-0.3, -0.25) is 9.59 Å². The maximum absolute atomic E-state index is 13.7. The van der Waals surface area contributed by atoms with E-state index < -0.39 is 6.04 Å². The molecule has 1 N–H and O–H groups in total. The number of hydrogen-bond acceptors (Lipinski definition) is 6. The number of ether oxygens (including phenoxy) is 2. The van der Waals surface area contributed by atoms with Crippen LogP contribution < -0.4 is 14.8 Å². The van der Waals surface area contributed by atoms with Crippen molar-refractivity contribution in [3.63, 3.8) is 0 Å². The second-order valence-corrected chi connectivity index (χ2v) is 8.34. The average Bonchev–Trinajstić information content (AvgIpc) is 3.52. The van der Waals surface area contributed by atoms with Gasteiger partial charge in [-0.1, -0.05) is 30.3 Å². The summed E-state index contributed by atoms with van der Waals surface area (Å²) in [5, 5.41) is 2.60. The van der Waals surface area contributed by atoms with Crippen LogP contribution in [0.25, 0.3) is 0 Å². The van der Waals surface area contributed by atoms with Gasteiger partial charge >= 0.3 is 0 Å². The van der Waals surface area contributed by atoms with Gasteiger partial charge in [0.05, 0.1) is 27.0 Å². The van der Waals surface area contributed by atoms with Crippen LogP contribution >= 0.6 is 11.8 Å². The highest BCUT2D eigenvalue weighted by Gasteiger charge is 2.42. The van der Waals surface area contributed by atoms with E-state index in [1.54, 1.807) is 53.3 Å². The average molecular weight is 453 g/mol. The van der Waals surface area contributed by atoms with Gasteiger partial charge in [0.15, 0.2) is 0 Å². The molecule has 0 spiro atoms. The van der Waals surface area contributed by atoms with E-state index in [1.165, 1.54) is 14.2 Å². The topological polar surface area (TPSA) is 81.0 Å². The molecule has 0 radical (unpaired) electrons. The van der Waals surface area contributed by atoms with E-state index in [9.17, 15) is 9.59 Å². The molecule has 8 heteroatoms. The van der Waals surface area contributed by atoms with Crippen LogP contribution in [0.4, 0.5) is 0 Å². The Morgan fingerprint density at radius 1 is 1.06 bits per heavy atom. The Morgan fingerprint density at radius 2 is 1.78 bits per heavy atom. The summed E-state index contributed by atoms with van der Waals surface area (Å²) in [6.45, 7) is 0.262. The highest BCUT2D eigenvalue weighted by Crippen LogP contribution is 2.42. The first-order valence-corrected chi connectivity index (χ1v) is 11.2. The number of benzene rings is 2. The molecular formula is C24H24N2O5S. The van der Waals surface area contributed by atoms with Crippen LogP contribution in [0.5, 0.6) is 11.5 Å². The lowest BCUT2D eigenvalue weighted by atomic mass is 10.1. The number of hydrogen-bond donors (Lipinski definition) is 1. The fourth-order valence-electron chi connectivity index (χ4n) is 3.62. The molecule has 4 rings (SSSR count). The molecule has 2 unspecified atom stereocenters. The van der Waals surface area contributed by atoms with Crippen molar-refractivity contribution in [1.29, 1.82) is 0 Å².